The molecule has 28 heavy (non-hydrogen) atoms. The van der Waals surface area contributed by atoms with Crippen molar-refractivity contribution in [3.8, 4) is 17.2 Å². The third-order valence-electron chi connectivity index (χ3n) is 4.95. The van der Waals surface area contributed by atoms with Crippen molar-refractivity contribution in [2.45, 2.75) is 11.7 Å². The number of fused-ring (bicyclic) bond motifs is 1. The largest absolute Gasteiger partial charge is 0.493 e. The number of Topliss-reactive ketones (excluding diaryl/α,β-unsaturated/α-hetero) is 1. The van der Waals surface area contributed by atoms with Crippen LogP contribution in [0.3, 0.4) is 0 Å². The first-order valence-corrected chi connectivity index (χ1v) is 8.21. The Morgan fingerprint density at radius 3 is 1.93 bits per heavy atom. The number of ketones is 1. The molecule has 0 spiro atoms. The average molecular weight is 392 g/mol. The molecule has 2 N–H and O–H groups in total. The summed E-state index contributed by atoms with van der Waals surface area (Å²) < 4.78 is 17.4. The van der Waals surface area contributed by atoms with E-state index in [2.05, 4.69) is 0 Å². The number of carbonyl (C=O) groups is 1. The summed E-state index contributed by atoms with van der Waals surface area (Å²) >= 11 is 0. The number of rotatable bonds is 4. The van der Waals surface area contributed by atoms with Gasteiger partial charge in [0.05, 0.1) is 21.3 Å². The highest BCUT2D eigenvalue weighted by Crippen LogP contribution is 2.47. The number of nitrogens with zero attached hydrogens (tertiary/aromatic N) is 2. The van der Waals surface area contributed by atoms with Crippen molar-refractivity contribution < 1.29 is 29.2 Å². The number of benzene rings is 1. The summed E-state index contributed by atoms with van der Waals surface area (Å²) in [5.41, 5.74) is -2.49. The van der Waals surface area contributed by atoms with Gasteiger partial charge in [-0.2, -0.15) is 0 Å². The van der Waals surface area contributed by atoms with Crippen LogP contribution in [0.1, 0.15) is 27.5 Å². The Bertz CT molecular complexity index is 1070. The fraction of sp³-hybridized carbons (Fsp3) is 0.389. The molecule has 1 aromatic carbocycles. The number of methoxy groups -OCH3 is 3. The zero-order valence-electron chi connectivity index (χ0n) is 16.0. The number of hydrogen-bond acceptors (Lipinski definition) is 8. The Balaban J connectivity index is 2.33. The van der Waals surface area contributed by atoms with E-state index in [0.717, 1.165) is 4.57 Å². The second kappa shape index (κ2) is 6.50. The van der Waals surface area contributed by atoms with Crippen LogP contribution >= 0.6 is 0 Å². The van der Waals surface area contributed by atoms with Crippen molar-refractivity contribution >= 4 is 5.78 Å². The minimum Gasteiger partial charge on any atom is -0.493 e. The SMILES string of the molecule is COc1cc(C2C(=O)c3c(c(=O)n(C)c(=O)n3C)C2(O)O)cc(OC)c1OC. The Kier molecular flexibility index (Phi) is 4.56. The topological polar surface area (TPSA) is 129 Å². The van der Waals surface area contributed by atoms with E-state index in [4.69, 9.17) is 14.2 Å². The van der Waals surface area contributed by atoms with Gasteiger partial charge in [0, 0.05) is 14.1 Å². The quantitative estimate of drug-likeness (QED) is 0.649. The number of aromatic nitrogens is 2. The third kappa shape index (κ3) is 2.45. The minimum absolute atomic E-state index is 0.121. The summed E-state index contributed by atoms with van der Waals surface area (Å²) in [4.78, 5) is 37.8. The van der Waals surface area contributed by atoms with Gasteiger partial charge in [-0.25, -0.2) is 4.79 Å². The Morgan fingerprint density at radius 2 is 1.46 bits per heavy atom. The number of carbonyl (C=O) groups excluding carboxylic acids is 1. The molecule has 1 aliphatic rings. The van der Waals surface area contributed by atoms with Crippen molar-refractivity contribution in [2.24, 2.45) is 14.1 Å². The van der Waals surface area contributed by atoms with E-state index >= 15 is 0 Å². The fourth-order valence-electron chi connectivity index (χ4n) is 3.58. The minimum atomic E-state index is -2.84. The van der Waals surface area contributed by atoms with Crippen molar-refractivity contribution in [3.63, 3.8) is 0 Å². The van der Waals surface area contributed by atoms with Crippen LogP contribution in [0.5, 0.6) is 17.2 Å². The summed E-state index contributed by atoms with van der Waals surface area (Å²) in [5, 5.41) is 21.6. The van der Waals surface area contributed by atoms with Gasteiger partial charge in [0.15, 0.2) is 17.3 Å². The third-order valence-corrected chi connectivity index (χ3v) is 4.95. The normalized spacial score (nSPS) is 17.4. The van der Waals surface area contributed by atoms with Crippen molar-refractivity contribution in [1.29, 1.82) is 0 Å². The lowest BCUT2D eigenvalue weighted by Gasteiger charge is -2.24. The van der Waals surface area contributed by atoms with E-state index in [9.17, 15) is 24.6 Å². The van der Waals surface area contributed by atoms with Gasteiger partial charge >= 0.3 is 5.69 Å². The van der Waals surface area contributed by atoms with Gasteiger partial charge in [0.2, 0.25) is 11.5 Å². The molecule has 1 heterocycles. The predicted octanol–water partition coefficient (Wildman–Crippen LogP) is -0.773. The molecule has 0 bridgehead atoms. The molecule has 0 fully saturated rings. The second-order valence-electron chi connectivity index (χ2n) is 6.41. The van der Waals surface area contributed by atoms with E-state index < -0.39 is 34.3 Å². The van der Waals surface area contributed by atoms with Gasteiger partial charge in [-0.15, -0.1) is 0 Å². The first-order valence-electron chi connectivity index (χ1n) is 8.21. The molecule has 3 rings (SSSR count). The summed E-state index contributed by atoms with van der Waals surface area (Å²) in [7, 11) is 6.62. The molecule has 1 aromatic heterocycles. The van der Waals surface area contributed by atoms with Gasteiger partial charge in [0.25, 0.3) is 5.56 Å². The summed E-state index contributed by atoms with van der Waals surface area (Å²) in [6.07, 6.45) is 0. The van der Waals surface area contributed by atoms with Crippen LogP contribution in [0, 0.1) is 0 Å². The molecule has 0 aliphatic heterocycles. The zero-order chi connectivity index (χ0) is 21.0. The van der Waals surface area contributed by atoms with Crippen LogP contribution in [0.25, 0.3) is 0 Å². The highest BCUT2D eigenvalue weighted by molar-refractivity contribution is 6.05. The molecule has 1 unspecified atom stereocenters. The monoisotopic (exact) mass is 392 g/mol. The Labute approximate surface area is 159 Å². The second-order valence-corrected chi connectivity index (χ2v) is 6.41. The van der Waals surface area contributed by atoms with E-state index in [1.165, 1.54) is 47.6 Å². The summed E-state index contributed by atoms with van der Waals surface area (Å²) in [6, 6.07) is 2.78. The zero-order valence-corrected chi connectivity index (χ0v) is 16.0. The smallest absolute Gasteiger partial charge is 0.331 e. The van der Waals surface area contributed by atoms with E-state index in [1.807, 2.05) is 0 Å². The number of aliphatic hydroxyl groups is 2. The van der Waals surface area contributed by atoms with Gasteiger partial charge in [0.1, 0.15) is 17.2 Å². The average Bonchev–Trinajstić information content (AvgIpc) is 2.88. The molecule has 0 radical (unpaired) electrons. The summed E-state index contributed by atoms with van der Waals surface area (Å²) in [6.45, 7) is 0. The van der Waals surface area contributed by atoms with E-state index in [-0.39, 0.29) is 28.5 Å². The fourth-order valence-corrected chi connectivity index (χ4v) is 3.58. The predicted molar refractivity (Wildman–Crippen MR) is 96.2 cm³/mol. The molecule has 0 amide bonds. The van der Waals surface area contributed by atoms with E-state index in [0.29, 0.717) is 4.57 Å². The molecule has 10 heteroatoms. The molecular formula is C18H20N2O8. The maximum atomic E-state index is 13.1. The highest BCUT2D eigenvalue weighted by atomic mass is 16.5. The number of hydrogen-bond donors (Lipinski definition) is 2. The number of ether oxygens (including phenoxy) is 3. The van der Waals surface area contributed by atoms with Crippen LogP contribution < -0.4 is 25.5 Å². The summed E-state index contributed by atoms with van der Waals surface area (Å²) in [5.74, 6) is -4.56. The molecule has 0 saturated carbocycles. The van der Waals surface area contributed by atoms with Crippen molar-refractivity contribution in [2.75, 3.05) is 21.3 Å². The van der Waals surface area contributed by atoms with E-state index in [1.54, 1.807) is 0 Å². The lowest BCUT2D eigenvalue weighted by molar-refractivity contribution is -0.174. The molecular weight excluding hydrogens is 372 g/mol. The molecule has 150 valence electrons. The standard InChI is InChI=1S/C18H20N2O8/c1-19-13-12(16(22)20(2)17(19)23)18(24,25)11(14(13)21)8-6-9(26-3)15(28-5)10(7-8)27-4/h6-7,11,24-25H,1-5H3. The maximum absolute atomic E-state index is 13.1. The molecule has 0 saturated heterocycles. The van der Waals surface area contributed by atoms with Gasteiger partial charge in [-0.05, 0) is 17.7 Å². The molecule has 1 aliphatic carbocycles. The lowest BCUT2D eigenvalue weighted by Crippen LogP contribution is -2.44. The Morgan fingerprint density at radius 1 is 0.929 bits per heavy atom. The van der Waals surface area contributed by atoms with Crippen molar-refractivity contribution in [1.82, 2.24) is 9.13 Å². The van der Waals surface area contributed by atoms with Crippen LogP contribution in [-0.4, -0.2) is 46.5 Å². The highest BCUT2D eigenvalue weighted by Gasteiger charge is 2.55. The van der Waals surface area contributed by atoms with Crippen LogP contribution in [0.2, 0.25) is 0 Å². The van der Waals surface area contributed by atoms with Gasteiger partial charge in [-0.1, -0.05) is 0 Å². The maximum Gasteiger partial charge on any atom is 0.331 e. The Hall–Kier alpha value is -3.11. The van der Waals surface area contributed by atoms with Gasteiger partial charge < -0.3 is 24.4 Å². The van der Waals surface area contributed by atoms with Crippen LogP contribution in [0.4, 0.5) is 0 Å². The van der Waals surface area contributed by atoms with Crippen LogP contribution in [0.15, 0.2) is 21.7 Å². The molecule has 1 atom stereocenters. The first-order chi connectivity index (χ1) is 13.1. The lowest BCUT2D eigenvalue weighted by atomic mass is 9.90. The molecule has 2 aromatic rings. The van der Waals surface area contributed by atoms with Gasteiger partial charge in [-0.3, -0.25) is 18.7 Å². The van der Waals surface area contributed by atoms with Crippen molar-refractivity contribution in [3.05, 3.63) is 49.8 Å². The first kappa shape index (κ1) is 19.6. The molecule has 10 nitrogen and oxygen atoms in total. The van der Waals surface area contributed by atoms with Crippen LogP contribution in [-0.2, 0) is 19.9 Å².